The number of amides is 1. The average Bonchev–Trinajstić information content (AvgIpc) is 2.08. The SMILES string of the molecule is COC(OC)(OC)C(=O)N(C)[SiH3]. The maximum absolute atomic E-state index is 11.4. The van der Waals surface area contributed by atoms with E-state index in [0.717, 1.165) is 0 Å². The molecule has 0 aromatic carbocycles. The van der Waals surface area contributed by atoms with E-state index in [0.29, 0.717) is 10.4 Å². The van der Waals surface area contributed by atoms with Gasteiger partial charge in [-0.05, 0) is 7.05 Å². The largest absolute Gasteiger partial charge is 0.374 e. The molecule has 0 aromatic heterocycles. The van der Waals surface area contributed by atoms with Gasteiger partial charge in [0.05, 0.1) is 0 Å². The topological polar surface area (TPSA) is 48.0 Å². The molecule has 0 heterocycles. The Bertz CT molecular complexity index is 149. The van der Waals surface area contributed by atoms with Gasteiger partial charge in [0.1, 0.15) is 10.4 Å². The van der Waals surface area contributed by atoms with Crippen LogP contribution in [0.4, 0.5) is 0 Å². The lowest BCUT2D eigenvalue weighted by Gasteiger charge is -2.29. The van der Waals surface area contributed by atoms with E-state index in [1.807, 2.05) is 0 Å². The first-order valence-corrected chi connectivity index (χ1v) is 4.30. The highest BCUT2D eigenvalue weighted by Gasteiger charge is 2.40. The highest BCUT2D eigenvalue weighted by atomic mass is 28.2. The number of likely N-dealkylation sites (N-methyl/N-ethyl adjacent to an activating group) is 1. The smallest absolute Gasteiger partial charge is 0.366 e. The van der Waals surface area contributed by atoms with Crippen LogP contribution >= 0.6 is 0 Å². The molecule has 12 heavy (non-hydrogen) atoms. The van der Waals surface area contributed by atoms with Crippen LogP contribution in [0.1, 0.15) is 0 Å². The average molecular weight is 193 g/mol. The summed E-state index contributed by atoms with van der Waals surface area (Å²) in [6, 6.07) is 0. The molecule has 1 amide bonds. The Labute approximate surface area is 75.1 Å². The second-order valence-corrected chi connectivity index (χ2v) is 3.71. The predicted molar refractivity (Wildman–Crippen MR) is 46.5 cm³/mol. The van der Waals surface area contributed by atoms with Crippen molar-refractivity contribution < 1.29 is 19.0 Å². The van der Waals surface area contributed by atoms with E-state index < -0.39 is 5.97 Å². The zero-order valence-corrected chi connectivity index (χ0v) is 10.1. The Morgan fingerprint density at radius 3 is 1.67 bits per heavy atom. The van der Waals surface area contributed by atoms with Gasteiger partial charge in [-0.25, -0.2) is 0 Å². The minimum atomic E-state index is -1.57. The number of rotatable bonds is 4. The molecule has 5 nitrogen and oxygen atoms in total. The van der Waals surface area contributed by atoms with Crippen molar-refractivity contribution in [1.29, 1.82) is 0 Å². The van der Waals surface area contributed by atoms with E-state index in [1.54, 1.807) is 7.05 Å². The van der Waals surface area contributed by atoms with E-state index in [-0.39, 0.29) is 5.91 Å². The van der Waals surface area contributed by atoms with Crippen LogP contribution in [0, 0.1) is 0 Å². The maximum Gasteiger partial charge on any atom is 0.366 e. The first-order valence-electron chi connectivity index (χ1n) is 3.41. The molecule has 72 valence electrons. The van der Waals surface area contributed by atoms with E-state index in [9.17, 15) is 4.79 Å². The van der Waals surface area contributed by atoms with Crippen molar-refractivity contribution in [2.45, 2.75) is 5.97 Å². The number of nitrogens with zero attached hydrogens (tertiary/aromatic N) is 1. The summed E-state index contributed by atoms with van der Waals surface area (Å²) in [6.45, 7) is 0. The van der Waals surface area contributed by atoms with Gasteiger partial charge in [0.25, 0.3) is 0 Å². The van der Waals surface area contributed by atoms with Gasteiger partial charge in [0.2, 0.25) is 0 Å². The molecular weight excluding hydrogens is 178 g/mol. The fraction of sp³-hybridized carbons (Fsp3) is 0.833. The van der Waals surface area contributed by atoms with Gasteiger partial charge in [0, 0.05) is 21.3 Å². The molecule has 0 N–H and O–H groups in total. The van der Waals surface area contributed by atoms with Crippen molar-refractivity contribution >= 4 is 16.3 Å². The normalized spacial score (nSPS) is 11.7. The Hall–Kier alpha value is -0.433. The van der Waals surface area contributed by atoms with Gasteiger partial charge in [-0.3, -0.25) is 4.79 Å². The second-order valence-electron chi connectivity index (χ2n) is 2.37. The minimum Gasteiger partial charge on any atom is -0.374 e. The van der Waals surface area contributed by atoms with Gasteiger partial charge in [-0.2, -0.15) is 0 Å². The van der Waals surface area contributed by atoms with Crippen LogP contribution in [-0.4, -0.2) is 55.2 Å². The molecule has 0 saturated carbocycles. The van der Waals surface area contributed by atoms with Crippen LogP contribution in [0.2, 0.25) is 0 Å². The number of carbonyl (C=O) groups excluding carboxylic acids is 1. The summed E-state index contributed by atoms with van der Waals surface area (Å²) in [4.78, 5) is 11.4. The van der Waals surface area contributed by atoms with E-state index in [2.05, 4.69) is 0 Å². The van der Waals surface area contributed by atoms with Gasteiger partial charge in [-0.1, -0.05) is 0 Å². The zero-order valence-electron chi connectivity index (χ0n) is 8.08. The molecule has 0 fully saturated rings. The third-order valence-electron chi connectivity index (χ3n) is 1.47. The summed E-state index contributed by atoms with van der Waals surface area (Å²) in [5.41, 5.74) is 0. The van der Waals surface area contributed by atoms with Crippen LogP contribution in [0.5, 0.6) is 0 Å². The van der Waals surface area contributed by atoms with Crippen molar-refractivity contribution in [2.24, 2.45) is 0 Å². The summed E-state index contributed by atoms with van der Waals surface area (Å²) in [5.74, 6) is -1.90. The van der Waals surface area contributed by atoms with Crippen LogP contribution in [0.3, 0.4) is 0 Å². The van der Waals surface area contributed by atoms with E-state index in [1.165, 1.54) is 25.9 Å². The minimum absolute atomic E-state index is 0.332. The molecule has 0 aliphatic heterocycles. The van der Waals surface area contributed by atoms with Crippen molar-refractivity contribution in [3.05, 3.63) is 0 Å². The molecule has 0 atom stereocenters. The Kier molecular flexibility index (Phi) is 4.39. The van der Waals surface area contributed by atoms with Crippen molar-refractivity contribution in [1.82, 2.24) is 4.57 Å². The van der Waals surface area contributed by atoms with Crippen molar-refractivity contribution in [2.75, 3.05) is 28.4 Å². The highest BCUT2D eigenvalue weighted by molar-refractivity contribution is 6.15. The monoisotopic (exact) mass is 193 g/mol. The lowest BCUT2D eigenvalue weighted by Crippen LogP contribution is -2.51. The summed E-state index contributed by atoms with van der Waals surface area (Å²) in [5, 5.41) is 0. The van der Waals surface area contributed by atoms with Gasteiger partial charge >= 0.3 is 11.9 Å². The van der Waals surface area contributed by atoms with Crippen molar-refractivity contribution in [3.63, 3.8) is 0 Å². The highest BCUT2D eigenvalue weighted by Crippen LogP contribution is 2.13. The molecule has 0 rings (SSSR count). The Balaban J connectivity index is 4.59. The third-order valence-corrected chi connectivity index (χ3v) is 1.88. The summed E-state index contributed by atoms with van der Waals surface area (Å²) in [7, 11) is 6.32. The van der Waals surface area contributed by atoms with Crippen LogP contribution < -0.4 is 0 Å². The molecule has 0 aliphatic carbocycles. The summed E-state index contributed by atoms with van der Waals surface area (Å²) < 4.78 is 16.0. The van der Waals surface area contributed by atoms with Gasteiger partial charge in [-0.15, -0.1) is 0 Å². The first kappa shape index (κ1) is 11.6. The van der Waals surface area contributed by atoms with Gasteiger partial charge in [0.15, 0.2) is 0 Å². The van der Waals surface area contributed by atoms with Gasteiger partial charge < -0.3 is 18.8 Å². The molecule has 6 heteroatoms. The Morgan fingerprint density at radius 1 is 1.25 bits per heavy atom. The first-order chi connectivity index (χ1) is 5.54. The number of hydrogen-bond donors (Lipinski definition) is 0. The molecular formula is C6H15NO4Si. The predicted octanol–water partition coefficient (Wildman–Crippen LogP) is -1.68. The third kappa shape index (κ3) is 2.04. The molecule has 0 spiro atoms. The Morgan fingerprint density at radius 2 is 1.58 bits per heavy atom. The fourth-order valence-electron chi connectivity index (χ4n) is 0.786. The van der Waals surface area contributed by atoms with Crippen LogP contribution in [0.15, 0.2) is 0 Å². The van der Waals surface area contributed by atoms with Crippen molar-refractivity contribution in [3.8, 4) is 0 Å². The number of methoxy groups -OCH3 is 3. The number of hydrogen-bond acceptors (Lipinski definition) is 4. The molecule has 0 bridgehead atoms. The lowest BCUT2D eigenvalue weighted by atomic mass is 10.5. The number of carbonyl (C=O) groups is 1. The lowest BCUT2D eigenvalue weighted by molar-refractivity contribution is -0.329. The second kappa shape index (κ2) is 4.56. The quantitative estimate of drug-likeness (QED) is 0.395. The summed E-state index contributed by atoms with van der Waals surface area (Å²) in [6.07, 6.45) is 0. The maximum atomic E-state index is 11.4. The molecule has 0 unspecified atom stereocenters. The van der Waals surface area contributed by atoms with Crippen LogP contribution in [-0.2, 0) is 19.0 Å². The fourth-order valence-corrected chi connectivity index (χ4v) is 1.06. The molecule has 0 radical (unpaired) electrons. The number of ether oxygens (including phenoxy) is 3. The van der Waals surface area contributed by atoms with Crippen LogP contribution in [0.25, 0.3) is 0 Å². The molecule has 0 saturated heterocycles. The molecule has 0 aliphatic rings. The molecule has 0 aromatic rings. The zero-order chi connectivity index (χ0) is 9.78. The van der Waals surface area contributed by atoms with E-state index >= 15 is 0 Å². The van der Waals surface area contributed by atoms with E-state index in [4.69, 9.17) is 14.2 Å². The standard InChI is InChI=1S/C6H15NO4Si/c1-7(12)5(8)6(9-2,10-3)11-4/h1-4,12H3. The summed E-state index contributed by atoms with van der Waals surface area (Å²) >= 11 is 0.